The van der Waals surface area contributed by atoms with E-state index in [1.807, 2.05) is 0 Å². The van der Waals surface area contributed by atoms with Crippen molar-refractivity contribution in [1.29, 1.82) is 0 Å². The van der Waals surface area contributed by atoms with E-state index < -0.39 is 0 Å². The number of hydrogen-bond donors (Lipinski definition) is 2. The first-order chi connectivity index (χ1) is 12.2. The van der Waals surface area contributed by atoms with Gasteiger partial charge in [-0.05, 0) is 31.6 Å². The Morgan fingerprint density at radius 3 is 2.28 bits per heavy atom. The molecule has 1 aromatic rings. The molecule has 2 bridgehead atoms. The fourth-order valence-electron chi connectivity index (χ4n) is 3.90. The summed E-state index contributed by atoms with van der Waals surface area (Å²) in [5, 5.41) is 6.57. The number of methoxy groups -OCH3 is 2. The molecule has 0 aromatic heterocycles. The van der Waals surface area contributed by atoms with E-state index in [1.165, 1.54) is 12.8 Å². The molecule has 2 unspecified atom stereocenters. The van der Waals surface area contributed by atoms with E-state index in [1.54, 1.807) is 32.4 Å². The van der Waals surface area contributed by atoms with E-state index in [0.29, 0.717) is 54.8 Å². The third-order valence-corrected chi connectivity index (χ3v) is 5.06. The average molecular weight is 348 g/mol. The molecule has 6 heteroatoms. The molecule has 2 aliphatic heterocycles. The fraction of sp³-hybridized carbons (Fsp3) is 0.632. The van der Waals surface area contributed by atoms with Crippen molar-refractivity contribution in [2.45, 2.75) is 44.2 Å². The van der Waals surface area contributed by atoms with Gasteiger partial charge in [-0.15, -0.1) is 0 Å². The van der Waals surface area contributed by atoms with Crippen LogP contribution in [0, 0.1) is 5.92 Å². The second kappa shape index (κ2) is 8.43. The van der Waals surface area contributed by atoms with E-state index in [4.69, 9.17) is 14.2 Å². The second-order valence-electron chi connectivity index (χ2n) is 6.93. The molecule has 25 heavy (non-hydrogen) atoms. The Labute approximate surface area is 149 Å². The highest BCUT2D eigenvalue weighted by molar-refractivity contribution is 5.76. The minimum atomic E-state index is 0.123. The number of hydrogen-bond acceptors (Lipinski definition) is 5. The number of benzene rings is 1. The zero-order chi connectivity index (χ0) is 17.6. The minimum absolute atomic E-state index is 0.123. The van der Waals surface area contributed by atoms with Crippen molar-refractivity contribution >= 4 is 5.91 Å². The van der Waals surface area contributed by atoms with Gasteiger partial charge in [0.25, 0.3) is 0 Å². The summed E-state index contributed by atoms with van der Waals surface area (Å²) in [5.74, 6) is 2.67. The summed E-state index contributed by atoms with van der Waals surface area (Å²) >= 11 is 0. The first-order valence-electron chi connectivity index (χ1n) is 9.05. The Morgan fingerprint density at radius 2 is 1.68 bits per heavy atom. The predicted octanol–water partition coefficient (Wildman–Crippen LogP) is 2.12. The SMILES string of the molecule is COc1cc(OC)cc(OCCNC(=O)CC2CC3CCC(C2)N3)c1. The maximum absolute atomic E-state index is 12.1. The van der Waals surface area contributed by atoms with Crippen molar-refractivity contribution in [3.05, 3.63) is 18.2 Å². The molecular weight excluding hydrogens is 320 g/mol. The standard InChI is InChI=1S/C19H28N2O4/c1-23-16-10-17(24-2)12-18(11-16)25-6-5-20-19(22)9-13-7-14-3-4-15(8-13)21-14/h10-15,21H,3-9H2,1-2H3,(H,20,22). The van der Waals surface area contributed by atoms with Gasteiger partial charge in [-0.25, -0.2) is 0 Å². The summed E-state index contributed by atoms with van der Waals surface area (Å²) in [6, 6.07) is 6.65. The molecule has 2 aliphatic rings. The van der Waals surface area contributed by atoms with E-state index >= 15 is 0 Å². The van der Waals surface area contributed by atoms with Crippen molar-refractivity contribution < 1.29 is 19.0 Å². The third kappa shape index (κ3) is 5.01. The van der Waals surface area contributed by atoms with Gasteiger partial charge < -0.3 is 24.8 Å². The van der Waals surface area contributed by atoms with Gasteiger partial charge in [-0.1, -0.05) is 0 Å². The van der Waals surface area contributed by atoms with Crippen LogP contribution in [-0.4, -0.2) is 45.4 Å². The van der Waals surface area contributed by atoms with Crippen LogP contribution < -0.4 is 24.8 Å². The van der Waals surface area contributed by atoms with Crippen molar-refractivity contribution in [2.75, 3.05) is 27.4 Å². The van der Waals surface area contributed by atoms with E-state index in [-0.39, 0.29) is 5.91 Å². The van der Waals surface area contributed by atoms with Gasteiger partial charge in [0.1, 0.15) is 23.9 Å². The normalized spacial score (nSPS) is 24.6. The number of amides is 1. The van der Waals surface area contributed by atoms with Crippen molar-refractivity contribution in [1.82, 2.24) is 10.6 Å². The molecule has 0 saturated carbocycles. The molecule has 138 valence electrons. The van der Waals surface area contributed by atoms with Crippen LogP contribution in [0.1, 0.15) is 32.1 Å². The summed E-state index contributed by atoms with van der Waals surface area (Å²) < 4.78 is 16.1. The molecule has 2 heterocycles. The van der Waals surface area contributed by atoms with Crippen LogP contribution in [0.15, 0.2) is 18.2 Å². The van der Waals surface area contributed by atoms with Gasteiger partial charge in [0.15, 0.2) is 0 Å². The first kappa shape index (κ1) is 17.9. The van der Waals surface area contributed by atoms with Gasteiger partial charge in [0.05, 0.1) is 20.8 Å². The maximum atomic E-state index is 12.1. The van der Waals surface area contributed by atoms with E-state index in [0.717, 1.165) is 12.8 Å². The van der Waals surface area contributed by atoms with Crippen LogP contribution in [0.3, 0.4) is 0 Å². The molecule has 0 spiro atoms. The molecule has 1 aromatic carbocycles. The quantitative estimate of drug-likeness (QED) is 0.705. The lowest BCUT2D eigenvalue weighted by Gasteiger charge is -2.28. The van der Waals surface area contributed by atoms with Crippen molar-refractivity contribution in [2.24, 2.45) is 5.92 Å². The average Bonchev–Trinajstić information content (AvgIpc) is 2.96. The molecule has 2 fully saturated rings. The van der Waals surface area contributed by atoms with Crippen LogP contribution in [0.25, 0.3) is 0 Å². The lowest BCUT2D eigenvalue weighted by molar-refractivity contribution is -0.122. The lowest BCUT2D eigenvalue weighted by Crippen LogP contribution is -2.40. The highest BCUT2D eigenvalue weighted by Crippen LogP contribution is 2.32. The molecule has 6 nitrogen and oxygen atoms in total. The molecule has 0 aliphatic carbocycles. The number of ether oxygens (including phenoxy) is 3. The molecule has 0 radical (unpaired) electrons. The molecule has 2 N–H and O–H groups in total. The number of carbonyl (C=O) groups excluding carboxylic acids is 1. The van der Waals surface area contributed by atoms with Crippen LogP contribution in [0.5, 0.6) is 17.2 Å². The largest absolute Gasteiger partial charge is 0.496 e. The molecule has 2 atom stereocenters. The zero-order valence-corrected chi connectivity index (χ0v) is 15.0. The topological polar surface area (TPSA) is 68.8 Å². The van der Waals surface area contributed by atoms with Crippen LogP contribution in [0.2, 0.25) is 0 Å². The van der Waals surface area contributed by atoms with Gasteiger partial charge in [0.2, 0.25) is 5.91 Å². The Bertz CT molecular complexity index is 559. The minimum Gasteiger partial charge on any atom is -0.496 e. The smallest absolute Gasteiger partial charge is 0.220 e. The molecule has 3 rings (SSSR count). The molecule has 2 saturated heterocycles. The van der Waals surface area contributed by atoms with Gasteiger partial charge in [0, 0.05) is 36.7 Å². The number of fused-ring (bicyclic) bond motifs is 2. The lowest BCUT2D eigenvalue weighted by atomic mass is 9.89. The fourth-order valence-corrected chi connectivity index (χ4v) is 3.90. The number of carbonyl (C=O) groups is 1. The Kier molecular flexibility index (Phi) is 6.02. The second-order valence-corrected chi connectivity index (χ2v) is 6.93. The monoisotopic (exact) mass is 348 g/mol. The first-order valence-corrected chi connectivity index (χ1v) is 9.05. The Morgan fingerprint density at radius 1 is 1.08 bits per heavy atom. The van der Waals surface area contributed by atoms with Crippen LogP contribution >= 0.6 is 0 Å². The molecular formula is C19H28N2O4. The summed E-state index contributed by atoms with van der Waals surface area (Å²) in [5.41, 5.74) is 0. The summed E-state index contributed by atoms with van der Waals surface area (Å²) in [7, 11) is 3.21. The van der Waals surface area contributed by atoms with Gasteiger partial charge in [-0.3, -0.25) is 4.79 Å². The molecule has 1 amide bonds. The van der Waals surface area contributed by atoms with Gasteiger partial charge in [-0.2, -0.15) is 0 Å². The Balaban J connectivity index is 1.37. The van der Waals surface area contributed by atoms with Crippen LogP contribution in [-0.2, 0) is 4.79 Å². The highest BCUT2D eigenvalue weighted by Gasteiger charge is 2.34. The predicted molar refractivity (Wildman–Crippen MR) is 95.3 cm³/mol. The van der Waals surface area contributed by atoms with Crippen molar-refractivity contribution in [3.63, 3.8) is 0 Å². The summed E-state index contributed by atoms with van der Waals surface area (Å²) in [6.07, 6.45) is 5.41. The number of rotatable bonds is 8. The van der Waals surface area contributed by atoms with Crippen molar-refractivity contribution in [3.8, 4) is 17.2 Å². The summed E-state index contributed by atoms with van der Waals surface area (Å²) in [6.45, 7) is 0.912. The number of piperidine rings is 1. The van der Waals surface area contributed by atoms with E-state index in [9.17, 15) is 4.79 Å². The Hall–Kier alpha value is -1.95. The maximum Gasteiger partial charge on any atom is 0.220 e. The highest BCUT2D eigenvalue weighted by atomic mass is 16.5. The van der Waals surface area contributed by atoms with Crippen LogP contribution in [0.4, 0.5) is 0 Å². The van der Waals surface area contributed by atoms with Gasteiger partial charge >= 0.3 is 0 Å². The number of nitrogens with one attached hydrogen (secondary N) is 2. The third-order valence-electron chi connectivity index (χ3n) is 5.06. The zero-order valence-electron chi connectivity index (χ0n) is 15.0. The summed E-state index contributed by atoms with van der Waals surface area (Å²) in [4.78, 5) is 12.1. The van der Waals surface area contributed by atoms with E-state index in [2.05, 4.69) is 10.6 Å².